The van der Waals surface area contributed by atoms with Crippen molar-refractivity contribution in [2.45, 2.75) is 46.1 Å². The molecule has 0 unspecified atom stereocenters. The van der Waals surface area contributed by atoms with Crippen molar-refractivity contribution in [3.8, 4) is 0 Å². The van der Waals surface area contributed by atoms with Crippen LogP contribution < -0.4 is 5.32 Å². The molecule has 0 aliphatic rings. The maximum absolute atomic E-state index is 8.98. The lowest BCUT2D eigenvalue weighted by molar-refractivity contribution is 0.261. The number of rotatable bonds is 6. The van der Waals surface area contributed by atoms with Gasteiger partial charge < -0.3 is 10.4 Å². The van der Waals surface area contributed by atoms with Crippen molar-refractivity contribution in [3.05, 3.63) is 29.8 Å². The summed E-state index contributed by atoms with van der Waals surface area (Å²) in [6, 6.07) is 8.60. The molecule has 0 saturated carbocycles. The van der Waals surface area contributed by atoms with Crippen LogP contribution in [0.25, 0.3) is 0 Å². The van der Waals surface area contributed by atoms with Crippen molar-refractivity contribution in [2.75, 3.05) is 11.9 Å². The third-order valence-electron chi connectivity index (χ3n) is 2.82. The van der Waals surface area contributed by atoms with Crippen molar-refractivity contribution in [1.82, 2.24) is 0 Å². The second-order valence-corrected chi connectivity index (χ2v) is 5.78. The molecule has 0 aliphatic heterocycles. The van der Waals surface area contributed by atoms with Gasteiger partial charge in [-0.1, -0.05) is 26.0 Å². The normalized spacial score (nSPS) is 11.9. The Bertz CT molecular complexity index is 327. The summed E-state index contributed by atoms with van der Waals surface area (Å²) in [6.07, 6.45) is 1.88. The Labute approximate surface area is 105 Å². The molecule has 0 atom stereocenters. The monoisotopic (exact) mass is 235 g/mol. The van der Waals surface area contributed by atoms with Crippen molar-refractivity contribution in [2.24, 2.45) is 5.92 Å². The van der Waals surface area contributed by atoms with E-state index in [9.17, 15) is 0 Å². The molecule has 2 nitrogen and oxygen atoms in total. The first kappa shape index (κ1) is 14.0. The van der Waals surface area contributed by atoms with Crippen molar-refractivity contribution in [1.29, 1.82) is 0 Å². The zero-order valence-electron chi connectivity index (χ0n) is 11.5. The summed E-state index contributed by atoms with van der Waals surface area (Å²) in [5.74, 6) is 0.694. The predicted octanol–water partition coefficient (Wildman–Crippen LogP) is 3.46. The van der Waals surface area contributed by atoms with Crippen molar-refractivity contribution >= 4 is 5.69 Å². The van der Waals surface area contributed by atoms with E-state index in [2.05, 4.69) is 57.3 Å². The first-order valence-electron chi connectivity index (χ1n) is 6.41. The molecule has 0 heterocycles. The fraction of sp³-hybridized carbons (Fsp3) is 0.600. The first-order chi connectivity index (χ1) is 7.93. The van der Waals surface area contributed by atoms with Crippen LogP contribution in [0.2, 0.25) is 0 Å². The van der Waals surface area contributed by atoms with Gasteiger partial charge in [-0.2, -0.15) is 0 Å². The maximum Gasteiger partial charge on any atom is 0.0453 e. The van der Waals surface area contributed by atoms with Crippen LogP contribution >= 0.6 is 0 Å². The molecule has 0 fully saturated rings. The third-order valence-corrected chi connectivity index (χ3v) is 2.82. The zero-order valence-corrected chi connectivity index (χ0v) is 11.5. The van der Waals surface area contributed by atoms with Crippen LogP contribution in [0, 0.1) is 5.92 Å². The molecule has 0 amide bonds. The summed E-state index contributed by atoms with van der Waals surface area (Å²) < 4.78 is 0. The van der Waals surface area contributed by atoms with Crippen LogP contribution in [0.3, 0.4) is 0 Å². The highest BCUT2D eigenvalue weighted by Crippen LogP contribution is 2.19. The van der Waals surface area contributed by atoms with E-state index < -0.39 is 0 Å². The Balaban J connectivity index is 2.62. The molecule has 1 aromatic rings. The van der Waals surface area contributed by atoms with Crippen LogP contribution in [-0.2, 0) is 6.42 Å². The zero-order chi connectivity index (χ0) is 12.9. The summed E-state index contributed by atoms with van der Waals surface area (Å²) in [5, 5.41) is 12.4. The second kappa shape index (κ2) is 6.06. The van der Waals surface area contributed by atoms with E-state index in [4.69, 9.17) is 5.11 Å². The number of aliphatic hydroxyl groups is 1. The van der Waals surface area contributed by atoms with Gasteiger partial charge in [-0.3, -0.25) is 0 Å². The minimum absolute atomic E-state index is 0.0612. The van der Waals surface area contributed by atoms with Gasteiger partial charge in [0.1, 0.15) is 0 Å². The lowest BCUT2D eigenvalue weighted by atomic mass is 9.99. The van der Waals surface area contributed by atoms with E-state index in [0.29, 0.717) is 5.92 Å². The van der Waals surface area contributed by atoms with Crippen LogP contribution in [-0.4, -0.2) is 17.3 Å². The molecule has 0 radical (unpaired) electrons. The molecule has 0 aliphatic carbocycles. The van der Waals surface area contributed by atoms with Gasteiger partial charge in [0.15, 0.2) is 0 Å². The summed E-state index contributed by atoms with van der Waals surface area (Å²) >= 11 is 0. The predicted molar refractivity (Wildman–Crippen MR) is 74.4 cm³/mol. The number of benzene rings is 1. The number of hydrogen-bond donors (Lipinski definition) is 2. The lowest BCUT2D eigenvalue weighted by Gasteiger charge is -2.26. The Morgan fingerprint density at radius 1 is 1.18 bits per heavy atom. The van der Waals surface area contributed by atoms with E-state index in [1.807, 2.05) is 0 Å². The maximum atomic E-state index is 8.98. The average Bonchev–Trinajstić information content (AvgIpc) is 2.19. The third kappa shape index (κ3) is 5.22. The highest BCUT2D eigenvalue weighted by Gasteiger charge is 2.16. The standard InChI is InChI=1S/C15H25NO/c1-12(2)11-13-5-7-14(8-6-13)16-15(3,4)9-10-17/h5-8,12,16-17H,9-11H2,1-4H3. The molecule has 1 rings (SSSR count). The molecule has 17 heavy (non-hydrogen) atoms. The second-order valence-electron chi connectivity index (χ2n) is 5.78. The lowest BCUT2D eigenvalue weighted by Crippen LogP contribution is -2.31. The molecule has 0 saturated heterocycles. The van der Waals surface area contributed by atoms with Gasteiger partial charge in [-0.15, -0.1) is 0 Å². The molecule has 2 N–H and O–H groups in total. The minimum Gasteiger partial charge on any atom is -0.396 e. The van der Waals surface area contributed by atoms with Gasteiger partial charge in [0.05, 0.1) is 0 Å². The van der Waals surface area contributed by atoms with E-state index in [1.54, 1.807) is 0 Å². The van der Waals surface area contributed by atoms with Gasteiger partial charge in [-0.05, 0) is 50.3 Å². The van der Waals surface area contributed by atoms with E-state index in [1.165, 1.54) is 5.56 Å². The van der Waals surface area contributed by atoms with E-state index in [-0.39, 0.29) is 12.1 Å². The molecule has 2 heteroatoms. The first-order valence-corrected chi connectivity index (χ1v) is 6.41. The molecule has 0 spiro atoms. The van der Waals surface area contributed by atoms with Crippen LogP contribution in [0.15, 0.2) is 24.3 Å². The molecule has 0 aromatic heterocycles. The summed E-state index contributed by atoms with van der Waals surface area (Å²) in [5.41, 5.74) is 2.44. The van der Waals surface area contributed by atoms with Crippen LogP contribution in [0.5, 0.6) is 0 Å². The van der Waals surface area contributed by atoms with Gasteiger partial charge in [0.25, 0.3) is 0 Å². The number of anilines is 1. The van der Waals surface area contributed by atoms with Gasteiger partial charge in [0, 0.05) is 17.8 Å². The molecule has 1 aromatic carbocycles. The fourth-order valence-corrected chi connectivity index (χ4v) is 1.93. The summed E-state index contributed by atoms with van der Waals surface area (Å²) in [7, 11) is 0. The Morgan fingerprint density at radius 2 is 1.76 bits per heavy atom. The van der Waals surface area contributed by atoms with Gasteiger partial charge >= 0.3 is 0 Å². The molecule has 96 valence electrons. The Morgan fingerprint density at radius 3 is 2.24 bits per heavy atom. The number of aliphatic hydroxyl groups excluding tert-OH is 1. The fourth-order valence-electron chi connectivity index (χ4n) is 1.93. The quantitative estimate of drug-likeness (QED) is 0.791. The Kier molecular flexibility index (Phi) is 5.01. The van der Waals surface area contributed by atoms with E-state index >= 15 is 0 Å². The van der Waals surface area contributed by atoms with E-state index in [0.717, 1.165) is 18.5 Å². The number of nitrogens with one attached hydrogen (secondary N) is 1. The van der Waals surface area contributed by atoms with Gasteiger partial charge in [0.2, 0.25) is 0 Å². The SMILES string of the molecule is CC(C)Cc1ccc(NC(C)(C)CCO)cc1. The summed E-state index contributed by atoms with van der Waals surface area (Å²) in [6.45, 7) is 8.88. The largest absolute Gasteiger partial charge is 0.396 e. The average molecular weight is 235 g/mol. The Hall–Kier alpha value is -1.02. The molecule has 0 bridgehead atoms. The summed E-state index contributed by atoms with van der Waals surface area (Å²) in [4.78, 5) is 0. The van der Waals surface area contributed by atoms with Crippen molar-refractivity contribution in [3.63, 3.8) is 0 Å². The highest BCUT2D eigenvalue weighted by atomic mass is 16.3. The number of hydrogen-bond acceptors (Lipinski definition) is 2. The van der Waals surface area contributed by atoms with Crippen molar-refractivity contribution < 1.29 is 5.11 Å². The molecular weight excluding hydrogens is 210 g/mol. The van der Waals surface area contributed by atoms with Crippen LogP contribution in [0.4, 0.5) is 5.69 Å². The molecular formula is C15H25NO. The minimum atomic E-state index is -0.0612. The van der Waals surface area contributed by atoms with Crippen LogP contribution in [0.1, 0.15) is 39.7 Å². The van der Waals surface area contributed by atoms with Gasteiger partial charge in [-0.25, -0.2) is 0 Å². The smallest absolute Gasteiger partial charge is 0.0453 e. The highest BCUT2D eigenvalue weighted by molar-refractivity contribution is 5.46. The topological polar surface area (TPSA) is 32.3 Å².